The van der Waals surface area contributed by atoms with Gasteiger partial charge in [-0.2, -0.15) is 4.39 Å². The molecule has 1 aliphatic rings. The number of halogens is 2. The van der Waals surface area contributed by atoms with Crippen LogP contribution >= 0.6 is 22.9 Å². The number of hydrogen-bond acceptors (Lipinski definition) is 5. The Morgan fingerprint density at radius 2 is 1.72 bits per heavy atom. The molecule has 0 aliphatic heterocycles. The number of ether oxygens (including phenoxy) is 2. The van der Waals surface area contributed by atoms with Gasteiger partial charge in [-0.1, -0.05) is 66.2 Å². The van der Waals surface area contributed by atoms with Gasteiger partial charge in [0.25, 0.3) is 0 Å². The lowest BCUT2D eigenvalue weighted by Crippen LogP contribution is -2.16. The fourth-order valence-electron chi connectivity index (χ4n) is 4.85. The monoisotopic (exact) mass is 563 g/mol. The number of carbonyl (C=O) groups is 2. The van der Waals surface area contributed by atoms with Crippen molar-refractivity contribution < 1.29 is 23.5 Å². The van der Waals surface area contributed by atoms with Gasteiger partial charge in [0.1, 0.15) is 17.6 Å². The fourth-order valence-corrected chi connectivity index (χ4v) is 5.97. The molecule has 1 atom stereocenters. The first kappa shape index (κ1) is 26.9. The molecule has 1 N–H and O–H groups in total. The van der Waals surface area contributed by atoms with Gasteiger partial charge in [0.15, 0.2) is 5.13 Å². The first-order valence-corrected chi connectivity index (χ1v) is 13.7. The van der Waals surface area contributed by atoms with E-state index in [0.29, 0.717) is 32.5 Å². The third-order valence-corrected chi connectivity index (χ3v) is 8.52. The highest BCUT2D eigenvalue weighted by Gasteiger charge is 2.48. The first-order chi connectivity index (χ1) is 18.7. The van der Waals surface area contributed by atoms with E-state index in [0.717, 1.165) is 40.9 Å². The quantitative estimate of drug-likeness (QED) is 0.232. The van der Waals surface area contributed by atoms with Crippen molar-refractivity contribution >= 4 is 40.5 Å². The average molecular weight is 564 g/mol. The molecule has 39 heavy (non-hydrogen) atoms. The van der Waals surface area contributed by atoms with Gasteiger partial charge < -0.3 is 9.47 Å². The lowest BCUT2D eigenvalue weighted by molar-refractivity contribution is -0.119. The third kappa shape index (κ3) is 5.42. The molecule has 5 nitrogen and oxygen atoms in total. The lowest BCUT2D eigenvalue weighted by atomic mass is 9.90. The second-order valence-electron chi connectivity index (χ2n) is 9.62. The highest BCUT2D eigenvalue weighted by atomic mass is 35.5. The summed E-state index contributed by atoms with van der Waals surface area (Å²) in [7, 11) is 1.58. The van der Waals surface area contributed by atoms with Gasteiger partial charge >= 0.3 is 6.09 Å². The van der Waals surface area contributed by atoms with Crippen LogP contribution in [0.2, 0.25) is 5.02 Å². The molecule has 3 aromatic carbocycles. The standard InChI is InChI=1S/C31H27ClFNO4S/c1-18(23-6-4-5-7-25(23)32)38-30(36)34-26-17-28(33)39-29(26)21-10-13-24(27(16-21)37-3)20-8-11-22(12-9-20)31(14-15-31)19(2)35/h4-13,16-18H,14-15H2,1-3H3,(H,34,36)/t18-/m1/s1. The summed E-state index contributed by atoms with van der Waals surface area (Å²) >= 11 is 7.13. The van der Waals surface area contributed by atoms with Gasteiger partial charge in [-0.25, -0.2) is 4.79 Å². The summed E-state index contributed by atoms with van der Waals surface area (Å²) in [5, 5.41) is 2.71. The number of ketones is 1. The summed E-state index contributed by atoms with van der Waals surface area (Å²) in [6.45, 7) is 3.37. The van der Waals surface area contributed by atoms with Crippen molar-refractivity contribution in [3.63, 3.8) is 0 Å². The second-order valence-corrected chi connectivity index (χ2v) is 11.0. The van der Waals surface area contributed by atoms with E-state index in [1.165, 1.54) is 6.07 Å². The molecule has 0 spiro atoms. The maximum atomic E-state index is 14.4. The van der Waals surface area contributed by atoms with E-state index in [1.807, 2.05) is 48.5 Å². The Labute approximate surface area is 235 Å². The van der Waals surface area contributed by atoms with Crippen LogP contribution in [0.4, 0.5) is 14.9 Å². The number of amides is 1. The van der Waals surface area contributed by atoms with Crippen molar-refractivity contribution in [1.29, 1.82) is 0 Å². The zero-order valence-electron chi connectivity index (χ0n) is 21.7. The number of Topliss-reactive ketones (excluding diaryl/α,β-unsaturated/α-hetero) is 1. The number of thiophene rings is 1. The Balaban J connectivity index is 1.37. The van der Waals surface area contributed by atoms with E-state index in [-0.39, 0.29) is 11.2 Å². The third-order valence-electron chi connectivity index (χ3n) is 7.20. The zero-order valence-corrected chi connectivity index (χ0v) is 23.3. The summed E-state index contributed by atoms with van der Waals surface area (Å²) in [4.78, 5) is 25.3. The molecule has 1 aromatic heterocycles. The van der Waals surface area contributed by atoms with Crippen LogP contribution in [-0.4, -0.2) is 19.0 Å². The van der Waals surface area contributed by atoms with Crippen LogP contribution in [0.3, 0.4) is 0 Å². The molecule has 1 fully saturated rings. The molecule has 0 bridgehead atoms. The number of hydrogen-bond donors (Lipinski definition) is 1. The summed E-state index contributed by atoms with van der Waals surface area (Å²) in [6, 6.07) is 21.9. The van der Waals surface area contributed by atoms with Gasteiger partial charge in [-0.15, -0.1) is 11.3 Å². The highest BCUT2D eigenvalue weighted by Crippen LogP contribution is 2.49. The number of anilines is 1. The smallest absolute Gasteiger partial charge is 0.412 e. The minimum absolute atomic E-state index is 0.201. The minimum atomic E-state index is -0.718. The molecular weight excluding hydrogens is 537 g/mol. The van der Waals surface area contributed by atoms with Crippen LogP contribution in [0.1, 0.15) is 43.9 Å². The van der Waals surface area contributed by atoms with Gasteiger partial charge in [-0.3, -0.25) is 10.1 Å². The summed E-state index contributed by atoms with van der Waals surface area (Å²) in [5.41, 5.74) is 4.17. The number of carbonyl (C=O) groups excluding carboxylic acids is 2. The van der Waals surface area contributed by atoms with E-state index in [4.69, 9.17) is 21.1 Å². The molecule has 0 saturated heterocycles. The molecule has 4 aromatic rings. The summed E-state index contributed by atoms with van der Waals surface area (Å²) in [5.74, 6) is 0.801. The Bertz CT molecular complexity index is 1540. The minimum Gasteiger partial charge on any atom is -0.496 e. The molecule has 1 aliphatic carbocycles. The number of rotatable bonds is 8. The SMILES string of the molecule is COc1cc(-c2sc(F)cc2NC(=O)O[C@H](C)c2ccccc2Cl)ccc1-c1ccc(C2(C(C)=O)CC2)cc1. The van der Waals surface area contributed by atoms with Crippen molar-refractivity contribution in [1.82, 2.24) is 0 Å². The normalized spacial score (nSPS) is 14.4. The maximum absolute atomic E-state index is 14.4. The predicted octanol–water partition coefficient (Wildman–Crippen LogP) is 8.81. The zero-order chi connectivity index (χ0) is 27.7. The summed E-state index contributed by atoms with van der Waals surface area (Å²) < 4.78 is 25.6. The van der Waals surface area contributed by atoms with Crippen molar-refractivity contribution in [3.8, 4) is 27.3 Å². The van der Waals surface area contributed by atoms with Crippen LogP contribution in [0.15, 0.2) is 72.8 Å². The Hall–Kier alpha value is -3.68. The van der Waals surface area contributed by atoms with E-state index >= 15 is 0 Å². The molecule has 1 amide bonds. The van der Waals surface area contributed by atoms with Gasteiger partial charge in [0.2, 0.25) is 0 Å². The van der Waals surface area contributed by atoms with Crippen LogP contribution in [0.5, 0.6) is 5.75 Å². The molecule has 8 heteroatoms. The molecule has 200 valence electrons. The van der Waals surface area contributed by atoms with E-state index in [2.05, 4.69) is 5.32 Å². The Morgan fingerprint density at radius 1 is 1.03 bits per heavy atom. The summed E-state index contributed by atoms with van der Waals surface area (Å²) in [6.07, 6.45) is 0.463. The largest absolute Gasteiger partial charge is 0.496 e. The Kier molecular flexibility index (Phi) is 7.47. The Morgan fingerprint density at radius 3 is 2.36 bits per heavy atom. The molecule has 1 saturated carbocycles. The van der Waals surface area contributed by atoms with Crippen molar-refractivity contribution in [3.05, 3.63) is 94.1 Å². The molecule has 0 unspecified atom stereocenters. The molecule has 1 heterocycles. The second kappa shape index (κ2) is 10.8. The fraction of sp³-hybridized carbons (Fsp3) is 0.226. The first-order valence-electron chi connectivity index (χ1n) is 12.5. The lowest BCUT2D eigenvalue weighted by Gasteiger charge is -2.16. The van der Waals surface area contributed by atoms with Crippen LogP contribution in [0.25, 0.3) is 21.6 Å². The van der Waals surface area contributed by atoms with Crippen molar-refractivity contribution in [2.24, 2.45) is 0 Å². The van der Waals surface area contributed by atoms with Gasteiger partial charge in [-0.05, 0) is 55.5 Å². The van der Waals surface area contributed by atoms with Gasteiger partial charge in [0.05, 0.1) is 23.1 Å². The van der Waals surface area contributed by atoms with Crippen LogP contribution < -0.4 is 10.1 Å². The highest BCUT2D eigenvalue weighted by molar-refractivity contribution is 7.14. The van der Waals surface area contributed by atoms with Crippen LogP contribution in [-0.2, 0) is 14.9 Å². The molecule has 0 radical (unpaired) electrons. The topological polar surface area (TPSA) is 64.6 Å². The number of benzene rings is 3. The number of nitrogens with one attached hydrogen (secondary N) is 1. The van der Waals surface area contributed by atoms with E-state index < -0.39 is 17.3 Å². The van der Waals surface area contributed by atoms with E-state index in [1.54, 1.807) is 39.2 Å². The molecule has 5 rings (SSSR count). The van der Waals surface area contributed by atoms with Gasteiger partial charge in [0, 0.05) is 22.2 Å². The number of methoxy groups -OCH3 is 1. The average Bonchev–Trinajstić information content (AvgIpc) is 3.66. The molecular formula is C31H27ClFNO4S. The van der Waals surface area contributed by atoms with Crippen molar-refractivity contribution in [2.45, 2.75) is 38.2 Å². The predicted molar refractivity (Wildman–Crippen MR) is 153 cm³/mol. The van der Waals surface area contributed by atoms with Crippen molar-refractivity contribution in [2.75, 3.05) is 12.4 Å². The maximum Gasteiger partial charge on any atom is 0.412 e. The van der Waals surface area contributed by atoms with E-state index in [9.17, 15) is 14.0 Å². The van der Waals surface area contributed by atoms with Crippen LogP contribution in [0, 0.1) is 5.13 Å².